The smallest absolute Gasteiger partial charge is 0.0959 e. The minimum atomic E-state index is 0.691. The highest BCUT2D eigenvalue weighted by atomic mass is 32.1. The van der Waals surface area contributed by atoms with Crippen molar-refractivity contribution in [1.82, 2.24) is 9.88 Å². The highest BCUT2D eigenvalue weighted by molar-refractivity contribution is 7.09. The maximum Gasteiger partial charge on any atom is 0.0959 e. The third-order valence-electron chi connectivity index (χ3n) is 3.07. The van der Waals surface area contributed by atoms with Crippen LogP contribution in [0.1, 0.15) is 42.3 Å². The Bertz CT molecular complexity index is 372. The van der Waals surface area contributed by atoms with E-state index >= 15 is 0 Å². The number of aromatic nitrogens is 1. The topological polar surface area (TPSA) is 16.1 Å². The van der Waals surface area contributed by atoms with Crippen LogP contribution in [0.2, 0.25) is 0 Å². The third kappa shape index (κ3) is 2.84. The quantitative estimate of drug-likeness (QED) is 0.745. The average molecular weight is 234 g/mol. The van der Waals surface area contributed by atoms with Gasteiger partial charge in [-0.1, -0.05) is 18.8 Å². The van der Waals surface area contributed by atoms with Crippen molar-refractivity contribution in [2.75, 3.05) is 13.6 Å². The van der Waals surface area contributed by atoms with Gasteiger partial charge in [-0.3, -0.25) is 4.90 Å². The van der Waals surface area contributed by atoms with E-state index < -0.39 is 0 Å². The fourth-order valence-corrected chi connectivity index (χ4v) is 3.23. The summed E-state index contributed by atoms with van der Waals surface area (Å²) in [6, 6.07) is 0. The summed E-state index contributed by atoms with van der Waals surface area (Å²) in [7, 11) is 2.04. The molecule has 0 bridgehead atoms. The van der Waals surface area contributed by atoms with Gasteiger partial charge < -0.3 is 0 Å². The van der Waals surface area contributed by atoms with Crippen molar-refractivity contribution >= 4 is 11.3 Å². The van der Waals surface area contributed by atoms with E-state index in [1.54, 1.807) is 0 Å². The lowest BCUT2D eigenvalue weighted by Crippen LogP contribution is -2.18. The van der Waals surface area contributed by atoms with Crippen molar-refractivity contribution in [2.45, 2.75) is 38.1 Å². The van der Waals surface area contributed by atoms with E-state index in [4.69, 9.17) is 11.4 Å². The average Bonchev–Trinajstić information content (AvgIpc) is 2.86. The highest BCUT2D eigenvalue weighted by Gasteiger charge is 2.20. The van der Waals surface area contributed by atoms with Gasteiger partial charge in [0.1, 0.15) is 0 Å². The number of nitrogens with zero attached hydrogens (tertiary/aromatic N) is 2. The minimum Gasteiger partial charge on any atom is -0.290 e. The molecule has 0 saturated heterocycles. The Balaban J connectivity index is 1.94. The van der Waals surface area contributed by atoms with Crippen LogP contribution in [-0.2, 0) is 6.54 Å². The molecule has 16 heavy (non-hydrogen) atoms. The molecule has 1 aromatic rings. The second-order valence-electron chi connectivity index (χ2n) is 4.53. The normalized spacial score (nSPS) is 16.8. The first-order chi connectivity index (χ1) is 7.79. The van der Waals surface area contributed by atoms with Crippen LogP contribution in [-0.4, -0.2) is 23.5 Å². The fourth-order valence-electron chi connectivity index (χ4n) is 2.24. The van der Waals surface area contributed by atoms with E-state index in [1.165, 1.54) is 36.4 Å². The summed E-state index contributed by atoms with van der Waals surface area (Å²) < 4.78 is 0. The molecule has 3 heteroatoms. The van der Waals surface area contributed by atoms with Crippen molar-refractivity contribution in [3.63, 3.8) is 0 Å². The Labute approximate surface area is 102 Å². The lowest BCUT2D eigenvalue weighted by Gasteiger charge is -2.10. The maximum absolute atomic E-state index is 5.28. The molecule has 0 atom stereocenters. The van der Waals surface area contributed by atoms with E-state index in [0.717, 1.165) is 12.5 Å². The van der Waals surface area contributed by atoms with Crippen LogP contribution in [0.3, 0.4) is 0 Å². The first-order valence-corrected chi connectivity index (χ1v) is 6.74. The van der Waals surface area contributed by atoms with E-state index in [2.05, 4.69) is 16.2 Å². The second-order valence-corrected chi connectivity index (χ2v) is 5.42. The van der Waals surface area contributed by atoms with E-state index in [9.17, 15) is 0 Å². The van der Waals surface area contributed by atoms with E-state index in [0.29, 0.717) is 6.54 Å². The summed E-state index contributed by atoms with van der Waals surface area (Å²) in [5, 5.41) is 3.52. The second kappa shape index (κ2) is 5.47. The largest absolute Gasteiger partial charge is 0.290 e. The van der Waals surface area contributed by atoms with Crippen molar-refractivity contribution in [2.24, 2.45) is 0 Å². The van der Waals surface area contributed by atoms with E-state index in [1.807, 2.05) is 18.4 Å². The van der Waals surface area contributed by atoms with Gasteiger partial charge in [-0.2, -0.15) is 0 Å². The van der Waals surface area contributed by atoms with Crippen LogP contribution in [0.5, 0.6) is 0 Å². The van der Waals surface area contributed by atoms with E-state index in [-0.39, 0.29) is 0 Å². The van der Waals surface area contributed by atoms with Gasteiger partial charge >= 0.3 is 0 Å². The van der Waals surface area contributed by atoms with Crippen molar-refractivity contribution in [3.8, 4) is 12.3 Å². The Morgan fingerprint density at radius 2 is 2.31 bits per heavy atom. The molecule has 0 aromatic carbocycles. The Hall–Kier alpha value is -0.850. The molecule has 1 fully saturated rings. The van der Waals surface area contributed by atoms with Crippen LogP contribution < -0.4 is 0 Å². The molecule has 0 spiro atoms. The maximum atomic E-state index is 5.28. The molecular weight excluding hydrogens is 216 g/mol. The monoisotopic (exact) mass is 234 g/mol. The molecule has 1 saturated carbocycles. The van der Waals surface area contributed by atoms with Crippen LogP contribution in [0.15, 0.2) is 5.38 Å². The van der Waals surface area contributed by atoms with Crippen LogP contribution in [0.25, 0.3) is 0 Å². The highest BCUT2D eigenvalue weighted by Crippen LogP contribution is 2.35. The predicted octanol–water partition coefficient (Wildman–Crippen LogP) is 2.87. The molecular formula is C13H18N2S. The van der Waals surface area contributed by atoms with Gasteiger partial charge in [0.25, 0.3) is 0 Å². The number of terminal acetylenes is 1. The summed E-state index contributed by atoms with van der Waals surface area (Å²) in [6.07, 6.45) is 10.7. The van der Waals surface area contributed by atoms with Gasteiger partial charge in [0.15, 0.2) is 0 Å². The predicted molar refractivity (Wildman–Crippen MR) is 68.5 cm³/mol. The lowest BCUT2D eigenvalue weighted by molar-refractivity contribution is 0.364. The molecule has 1 aliphatic carbocycles. The van der Waals surface area contributed by atoms with Crippen molar-refractivity contribution in [3.05, 3.63) is 16.1 Å². The van der Waals surface area contributed by atoms with Crippen LogP contribution >= 0.6 is 11.3 Å². The van der Waals surface area contributed by atoms with Gasteiger partial charge in [0.05, 0.1) is 17.2 Å². The minimum absolute atomic E-state index is 0.691. The molecule has 0 N–H and O–H groups in total. The SMILES string of the molecule is C#CCN(C)Cc1csc(C2CCCC2)n1. The summed E-state index contributed by atoms with van der Waals surface area (Å²) in [5.41, 5.74) is 1.17. The number of hydrogen-bond donors (Lipinski definition) is 0. The number of rotatable bonds is 4. The molecule has 1 aromatic heterocycles. The Kier molecular flexibility index (Phi) is 3.98. The molecule has 1 heterocycles. The number of hydrogen-bond acceptors (Lipinski definition) is 3. The van der Waals surface area contributed by atoms with Crippen LogP contribution in [0, 0.1) is 12.3 Å². The van der Waals surface area contributed by atoms with Gasteiger partial charge in [0, 0.05) is 17.8 Å². The zero-order valence-corrected chi connectivity index (χ0v) is 10.6. The molecule has 0 aliphatic heterocycles. The third-order valence-corrected chi connectivity index (χ3v) is 4.12. The molecule has 2 nitrogen and oxygen atoms in total. The standard InChI is InChI=1S/C13H18N2S/c1-3-8-15(2)9-12-10-16-13(14-12)11-6-4-5-7-11/h1,10-11H,4-9H2,2H3. The van der Waals surface area contributed by atoms with Gasteiger partial charge in [-0.05, 0) is 19.9 Å². The van der Waals surface area contributed by atoms with Gasteiger partial charge in [-0.25, -0.2) is 4.98 Å². The zero-order chi connectivity index (χ0) is 11.4. The molecule has 0 radical (unpaired) electrons. The van der Waals surface area contributed by atoms with Crippen molar-refractivity contribution in [1.29, 1.82) is 0 Å². The molecule has 0 unspecified atom stereocenters. The van der Waals surface area contributed by atoms with Gasteiger partial charge in [-0.15, -0.1) is 17.8 Å². The summed E-state index contributed by atoms with van der Waals surface area (Å²) in [4.78, 5) is 6.84. The molecule has 86 valence electrons. The Morgan fingerprint density at radius 1 is 1.56 bits per heavy atom. The summed E-state index contributed by atoms with van der Waals surface area (Å²) >= 11 is 1.82. The number of thiazole rings is 1. The van der Waals surface area contributed by atoms with Crippen molar-refractivity contribution < 1.29 is 0 Å². The molecule has 1 aliphatic rings. The Morgan fingerprint density at radius 3 is 3.00 bits per heavy atom. The lowest BCUT2D eigenvalue weighted by atomic mass is 10.1. The zero-order valence-electron chi connectivity index (χ0n) is 9.78. The molecule has 0 amide bonds. The fraction of sp³-hybridized carbons (Fsp3) is 0.615. The summed E-state index contributed by atoms with van der Waals surface area (Å²) in [5.74, 6) is 3.38. The first kappa shape index (κ1) is 11.6. The molecule has 2 rings (SSSR count). The van der Waals surface area contributed by atoms with Crippen LogP contribution in [0.4, 0.5) is 0 Å². The van der Waals surface area contributed by atoms with Gasteiger partial charge in [0.2, 0.25) is 0 Å². The first-order valence-electron chi connectivity index (χ1n) is 5.86. The summed E-state index contributed by atoms with van der Waals surface area (Å²) in [6.45, 7) is 1.56.